The molecular weight excluding hydrogens is 98.0 g/mol. The number of epoxide rings is 1. The van der Waals surface area contributed by atoms with E-state index in [1.54, 1.807) is 0 Å². The Morgan fingerprint density at radius 3 is 2.29 bits per heavy atom. The van der Waals surface area contributed by atoms with E-state index in [2.05, 4.69) is 4.74 Å². The molecule has 1 atom stereocenters. The first-order valence-corrected chi connectivity index (χ1v) is 1.65. The van der Waals surface area contributed by atoms with Gasteiger partial charge in [-0.25, -0.2) is 4.79 Å². The monoisotopic (exact) mass is 105 g/mol. The lowest BCUT2D eigenvalue weighted by Crippen LogP contribution is -2.02. The number of aliphatic carboxylic acids is 1. The minimum absolute atomic E-state index is 0. The van der Waals surface area contributed by atoms with Gasteiger partial charge in [-0.3, -0.25) is 0 Å². The fourth-order valence-electron chi connectivity index (χ4n) is 0.191. The molecular formula is C3H7NO3. The van der Waals surface area contributed by atoms with Gasteiger partial charge in [0, 0.05) is 0 Å². The maximum atomic E-state index is 9.64. The Balaban J connectivity index is 0.000000360. The van der Waals surface area contributed by atoms with Gasteiger partial charge in [-0.2, -0.15) is 0 Å². The lowest BCUT2D eigenvalue weighted by molar-refractivity contribution is -0.138. The largest absolute Gasteiger partial charge is 0.479 e. The molecule has 1 fully saturated rings. The van der Waals surface area contributed by atoms with Crippen LogP contribution in [0.2, 0.25) is 0 Å². The Kier molecular flexibility index (Phi) is 1.74. The van der Waals surface area contributed by atoms with Gasteiger partial charge in [0.25, 0.3) is 0 Å². The lowest BCUT2D eigenvalue weighted by atomic mass is 10.5. The van der Waals surface area contributed by atoms with E-state index >= 15 is 0 Å². The molecule has 1 aliphatic rings. The number of carbonyl (C=O) groups is 1. The highest BCUT2D eigenvalue weighted by Gasteiger charge is 2.30. The number of hydrogen-bond donors (Lipinski definition) is 2. The Morgan fingerprint density at radius 2 is 2.29 bits per heavy atom. The van der Waals surface area contributed by atoms with E-state index in [1.165, 1.54) is 0 Å². The normalized spacial score (nSPS) is 25.4. The number of rotatable bonds is 1. The number of ether oxygens (including phenoxy) is 1. The van der Waals surface area contributed by atoms with Crippen molar-refractivity contribution in [2.24, 2.45) is 0 Å². The molecule has 1 unspecified atom stereocenters. The maximum Gasteiger partial charge on any atom is 0.335 e. The van der Waals surface area contributed by atoms with Gasteiger partial charge in [0.1, 0.15) is 0 Å². The van der Waals surface area contributed by atoms with Crippen LogP contribution < -0.4 is 6.15 Å². The lowest BCUT2D eigenvalue weighted by Gasteiger charge is -1.72. The average molecular weight is 105 g/mol. The van der Waals surface area contributed by atoms with Crippen LogP contribution in [0.3, 0.4) is 0 Å². The van der Waals surface area contributed by atoms with Crippen molar-refractivity contribution in [2.75, 3.05) is 6.61 Å². The molecule has 0 spiro atoms. The summed E-state index contributed by atoms with van der Waals surface area (Å²) in [6.45, 7) is 0.398. The third kappa shape index (κ3) is 1.52. The van der Waals surface area contributed by atoms with E-state index < -0.39 is 12.1 Å². The van der Waals surface area contributed by atoms with E-state index in [1.807, 2.05) is 0 Å². The van der Waals surface area contributed by atoms with Crippen LogP contribution >= 0.6 is 0 Å². The van der Waals surface area contributed by atoms with Gasteiger partial charge < -0.3 is 16.0 Å². The second-order valence-electron chi connectivity index (χ2n) is 1.16. The second kappa shape index (κ2) is 1.90. The average Bonchev–Trinajstić information content (AvgIpc) is 2.06. The first-order chi connectivity index (χ1) is 2.80. The van der Waals surface area contributed by atoms with E-state index in [9.17, 15) is 4.79 Å². The van der Waals surface area contributed by atoms with Crippen LogP contribution in [0.25, 0.3) is 0 Å². The molecule has 0 aromatic heterocycles. The van der Waals surface area contributed by atoms with Crippen molar-refractivity contribution < 1.29 is 14.6 Å². The predicted molar refractivity (Wildman–Crippen MR) is 22.4 cm³/mol. The Morgan fingerprint density at radius 1 is 1.86 bits per heavy atom. The molecule has 7 heavy (non-hydrogen) atoms. The summed E-state index contributed by atoms with van der Waals surface area (Å²) in [6.07, 6.45) is -0.481. The summed E-state index contributed by atoms with van der Waals surface area (Å²) in [4.78, 5) is 9.64. The molecule has 4 nitrogen and oxygen atoms in total. The predicted octanol–water partition coefficient (Wildman–Crippen LogP) is -0.368. The second-order valence-corrected chi connectivity index (χ2v) is 1.16. The molecule has 1 aliphatic heterocycles. The van der Waals surface area contributed by atoms with Gasteiger partial charge in [-0.05, 0) is 0 Å². The van der Waals surface area contributed by atoms with Crippen LogP contribution in [0.1, 0.15) is 0 Å². The smallest absolute Gasteiger partial charge is 0.335 e. The summed E-state index contributed by atoms with van der Waals surface area (Å²) >= 11 is 0. The summed E-state index contributed by atoms with van der Waals surface area (Å²) < 4.78 is 4.37. The SMILES string of the molecule is N.O=C(O)C1CO1. The zero-order chi connectivity index (χ0) is 4.57. The number of hydrogen-bond acceptors (Lipinski definition) is 3. The van der Waals surface area contributed by atoms with Gasteiger partial charge in [-0.1, -0.05) is 0 Å². The fourth-order valence-corrected chi connectivity index (χ4v) is 0.191. The quantitative estimate of drug-likeness (QED) is 0.445. The third-order valence-corrected chi connectivity index (χ3v) is 0.609. The molecule has 0 aromatic carbocycles. The molecule has 0 aliphatic carbocycles. The van der Waals surface area contributed by atoms with E-state index in [0.29, 0.717) is 6.61 Å². The van der Waals surface area contributed by atoms with Gasteiger partial charge in [0.15, 0.2) is 6.10 Å². The maximum absolute atomic E-state index is 9.64. The van der Waals surface area contributed by atoms with Gasteiger partial charge >= 0.3 is 5.97 Å². The van der Waals surface area contributed by atoms with Crippen molar-refractivity contribution in [1.82, 2.24) is 6.15 Å². The van der Waals surface area contributed by atoms with Gasteiger partial charge in [-0.15, -0.1) is 0 Å². The first-order valence-electron chi connectivity index (χ1n) is 1.65. The highest BCUT2D eigenvalue weighted by molar-refractivity contribution is 5.74. The van der Waals surface area contributed by atoms with Crippen LogP contribution in [0.4, 0.5) is 0 Å². The fraction of sp³-hybridized carbons (Fsp3) is 0.667. The Labute approximate surface area is 40.7 Å². The Bertz CT molecular complexity index is 78.2. The standard InChI is InChI=1S/C3H4O3.H3N/c4-3(5)2-1-6-2;/h2H,1H2,(H,4,5);1H3. The summed E-state index contributed by atoms with van der Waals surface area (Å²) in [7, 11) is 0. The van der Waals surface area contributed by atoms with Crippen LogP contribution in [-0.4, -0.2) is 23.8 Å². The van der Waals surface area contributed by atoms with E-state index in [-0.39, 0.29) is 6.15 Å². The van der Waals surface area contributed by atoms with Crippen molar-refractivity contribution in [1.29, 1.82) is 0 Å². The number of carboxylic acid groups (broad SMARTS) is 1. The summed E-state index contributed by atoms with van der Waals surface area (Å²) in [6, 6.07) is 0. The highest BCUT2D eigenvalue weighted by atomic mass is 16.6. The van der Waals surface area contributed by atoms with Crippen LogP contribution in [0, 0.1) is 0 Å². The third-order valence-electron chi connectivity index (χ3n) is 0.609. The molecule has 0 radical (unpaired) electrons. The zero-order valence-corrected chi connectivity index (χ0v) is 3.76. The van der Waals surface area contributed by atoms with Crippen molar-refractivity contribution >= 4 is 5.97 Å². The molecule has 1 saturated heterocycles. The van der Waals surface area contributed by atoms with Crippen molar-refractivity contribution in [3.63, 3.8) is 0 Å². The van der Waals surface area contributed by atoms with Crippen LogP contribution in [0.15, 0.2) is 0 Å². The summed E-state index contributed by atoms with van der Waals surface area (Å²) in [5.41, 5.74) is 0. The molecule has 1 rings (SSSR count). The minimum atomic E-state index is -0.852. The molecule has 0 amide bonds. The van der Waals surface area contributed by atoms with Crippen molar-refractivity contribution in [3.05, 3.63) is 0 Å². The molecule has 0 bridgehead atoms. The Hall–Kier alpha value is -0.610. The van der Waals surface area contributed by atoms with E-state index in [4.69, 9.17) is 5.11 Å². The van der Waals surface area contributed by atoms with Crippen molar-refractivity contribution in [3.8, 4) is 0 Å². The highest BCUT2D eigenvalue weighted by Crippen LogP contribution is 2.06. The van der Waals surface area contributed by atoms with Crippen molar-refractivity contribution in [2.45, 2.75) is 6.10 Å². The van der Waals surface area contributed by atoms with Gasteiger partial charge in [0.05, 0.1) is 6.61 Å². The number of carboxylic acids is 1. The van der Waals surface area contributed by atoms with Gasteiger partial charge in [0.2, 0.25) is 0 Å². The summed E-state index contributed by atoms with van der Waals surface area (Å²) in [5, 5.41) is 7.93. The molecule has 1 heterocycles. The summed E-state index contributed by atoms with van der Waals surface area (Å²) in [5.74, 6) is -0.852. The molecule has 0 saturated carbocycles. The molecule has 4 heteroatoms. The molecule has 42 valence electrons. The first kappa shape index (κ1) is 6.39. The van der Waals surface area contributed by atoms with Crippen LogP contribution in [-0.2, 0) is 9.53 Å². The molecule has 0 aromatic rings. The van der Waals surface area contributed by atoms with E-state index in [0.717, 1.165) is 0 Å². The molecule has 4 N–H and O–H groups in total. The minimum Gasteiger partial charge on any atom is -0.479 e. The van der Waals surface area contributed by atoms with Crippen LogP contribution in [0.5, 0.6) is 0 Å². The topological polar surface area (TPSA) is 84.8 Å². The zero-order valence-electron chi connectivity index (χ0n) is 3.76.